The van der Waals surface area contributed by atoms with Gasteiger partial charge in [0.05, 0.1) is 12.5 Å². The van der Waals surface area contributed by atoms with Gasteiger partial charge in [-0.3, -0.25) is 9.59 Å². The molecule has 1 unspecified atom stereocenters. The molecular weight excluding hydrogens is 230 g/mol. The van der Waals surface area contributed by atoms with Crippen LogP contribution in [-0.4, -0.2) is 35.8 Å². The van der Waals surface area contributed by atoms with Gasteiger partial charge < -0.3 is 16.4 Å². The van der Waals surface area contributed by atoms with Crippen LogP contribution in [0.3, 0.4) is 0 Å². The Labute approximate surface area is 102 Å². The van der Waals surface area contributed by atoms with Crippen LogP contribution in [0.5, 0.6) is 0 Å². The Morgan fingerprint density at radius 3 is 2.31 bits per heavy atom. The first-order valence-corrected chi connectivity index (χ1v) is 5.33. The van der Waals surface area contributed by atoms with E-state index in [-0.39, 0.29) is 24.7 Å². The van der Waals surface area contributed by atoms with Crippen LogP contribution < -0.4 is 11.5 Å². The van der Waals surface area contributed by atoms with Crippen molar-refractivity contribution in [1.82, 2.24) is 4.90 Å². The molecule has 1 atom stereocenters. The highest BCUT2D eigenvalue weighted by molar-refractivity contribution is 5.87. The molecule has 94 valence electrons. The van der Waals surface area contributed by atoms with E-state index in [1.165, 1.54) is 0 Å². The van der Waals surface area contributed by atoms with Gasteiger partial charge in [0, 0.05) is 13.1 Å². The van der Waals surface area contributed by atoms with Crippen molar-refractivity contribution in [3.63, 3.8) is 0 Å². The molecule has 1 aliphatic rings. The smallest absolute Gasteiger partial charge is 0.240 e. The van der Waals surface area contributed by atoms with Crippen LogP contribution in [0.1, 0.15) is 26.2 Å². The molecule has 0 radical (unpaired) electrons. The van der Waals surface area contributed by atoms with Crippen LogP contribution in [0.4, 0.5) is 0 Å². The van der Waals surface area contributed by atoms with Gasteiger partial charge in [0.25, 0.3) is 0 Å². The molecule has 1 saturated heterocycles. The summed E-state index contributed by atoms with van der Waals surface area (Å²) in [5.41, 5.74) is 10.6. The molecular formula is C10H20ClN3O2. The van der Waals surface area contributed by atoms with Gasteiger partial charge in [0.1, 0.15) is 0 Å². The third kappa shape index (κ3) is 4.37. The number of nitrogens with two attached hydrogens (primary N) is 2. The number of carbonyl (C=O) groups excluding carboxylic acids is 2. The van der Waals surface area contributed by atoms with Crippen molar-refractivity contribution in [2.45, 2.75) is 32.2 Å². The maximum absolute atomic E-state index is 11.7. The molecule has 1 rings (SSSR count). The third-order valence-corrected chi connectivity index (χ3v) is 2.83. The minimum absolute atomic E-state index is 0. The summed E-state index contributed by atoms with van der Waals surface area (Å²) < 4.78 is 0. The van der Waals surface area contributed by atoms with E-state index in [1.54, 1.807) is 4.90 Å². The summed E-state index contributed by atoms with van der Waals surface area (Å²) in [5, 5.41) is 0. The number of likely N-dealkylation sites (tertiary alicyclic amines) is 1. The lowest BCUT2D eigenvalue weighted by Crippen LogP contribution is -2.48. The average molecular weight is 250 g/mol. The van der Waals surface area contributed by atoms with E-state index in [9.17, 15) is 9.59 Å². The monoisotopic (exact) mass is 249 g/mol. The highest BCUT2D eigenvalue weighted by Crippen LogP contribution is 2.16. The Hall–Kier alpha value is -0.810. The fourth-order valence-corrected chi connectivity index (χ4v) is 1.77. The van der Waals surface area contributed by atoms with Crippen LogP contribution in [0, 0.1) is 5.92 Å². The minimum Gasteiger partial charge on any atom is -0.370 e. The largest absolute Gasteiger partial charge is 0.370 e. The van der Waals surface area contributed by atoms with E-state index in [4.69, 9.17) is 11.5 Å². The van der Waals surface area contributed by atoms with Crippen molar-refractivity contribution in [3.8, 4) is 0 Å². The number of rotatable bonds is 3. The van der Waals surface area contributed by atoms with Crippen LogP contribution >= 0.6 is 12.4 Å². The molecule has 0 aliphatic carbocycles. The minimum atomic E-state index is -0.768. The van der Waals surface area contributed by atoms with Crippen molar-refractivity contribution in [1.29, 1.82) is 0 Å². The fourth-order valence-electron chi connectivity index (χ4n) is 1.77. The first kappa shape index (κ1) is 15.2. The molecule has 1 fully saturated rings. The molecule has 4 N–H and O–H groups in total. The van der Waals surface area contributed by atoms with E-state index in [0.29, 0.717) is 5.92 Å². The Bertz CT molecular complexity index is 252. The van der Waals surface area contributed by atoms with Crippen molar-refractivity contribution in [2.24, 2.45) is 17.4 Å². The molecule has 0 spiro atoms. The highest BCUT2D eigenvalue weighted by Gasteiger charge is 2.25. The molecule has 16 heavy (non-hydrogen) atoms. The van der Waals surface area contributed by atoms with Gasteiger partial charge in [-0.05, 0) is 18.8 Å². The van der Waals surface area contributed by atoms with Gasteiger partial charge in [-0.1, -0.05) is 6.92 Å². The maximum atomic E-state index is 11.7. The molecule has 1 aliphatic heterocycles. The number of halogens is 1. The summed E-state index contributed by atoms with van der Waals surface area (Å²) in [5.74, 6) is -0.0108. The summed E-state index contributed by atoms with van der Waals surface area (Å²) in [6.45, 7) is 3.66. The number of hydrogen-bond donors (Lipinski definition) is 2. The number of hydrogen-bond acceptors (Lipinski definition) is 3. The maximum Gasteiger partial charge on any atom is 0.240 e. The number of primary amides is 1. The molecule has 1 heterocycles. The van der Waals surface area contributed by atoms with E-state index in [0.717, 1.165) is 25.9 Å². The van der Waals surface area contributed by atoms with Crippen LogP contribution in [-0.2, 0) is 9.59 Å². The normalized spacial score (nSPS) is 18.8. The first-order chi connectivity index (χ1) is 7.00. The lowest BCUT2D eigenvalue weighted by atomic mass is 9.98. The van der Waals surface area contributed by atoms with Gasteiger partial charge in [0.15, 0.2) is 0 Å². The van der Waals surface area contributed by atoms with E-state index < -0.39 is 11.9 Å². The molecule has 0 saturated carbocycles. The first-order valence-electron chi connectivity index (χ1n) is 5.33. The number of piperidine rings is 1. The van der Waals surface area contributed by atoms with Gasteiger partial charge in [-0.2, -0.15) is 0 Å². The van der Waals surface area contributed by atoms with Gasteiger partial charge in [0.2, 0.25) is 11.8 Å². The Morgan fingerprint density at radius 1 is 1.38 bits per heavy atom. The zero-order valence-corrected chi connectivity index (χ0v) is 10.3. The number of nitrogens with zero attached hydrogens (tertiary/aromatic N) is 1. The molecule has 0 aromatic rings. The van der Waals surface area contributed by atoms with Crippen molar-refractivity contribution in [3.05, 3.63) is 0 Å². The molecule has 0 bridgehead atoms. The second kappa shape index (κ2) is 6.70. The second-order valence-corrected chi connectivity index (χ2v) is 4.28. The Balaban J connectivity index is 0.00000225. The van der Waals surface area contributed by atoms with E-state index in [1.807, 2.05) is 0 Å². The number of carbonyl (C=O) groups is 2. The molecule has 0 aromatic carbocycles. The van der Waals surface area contributed by atoms with Gasteiger partial charge in [-0.25, -0.2) is 0 Å². The summed E-state index contributed by atoms with van der Waals surface area (Å²) in [6.07, 6.45) is 1.95. The van der Waals surface area contributed by atoms with Crippen LogP contribution in [0.2, 0.25) is 0 Å². The molecule has 2 amide bonds. The third-order valence-electron chi connectivity index (χ3n) is 2.83. The Kier molecular flexibility index (Phi) is 6.36. The summed E-state index contributed by atoms with van der Waals surface area (Å²) in [7, 11) is 0. The van der Waals surface area contributed by atoms with Crippen LogP contribution in [0.15, 0.2) is 0 Å². The molecule has 0 aromatic heterocycles. The summed E-state index contributed by atoms with van der Waals surface area (Å²) in [6, 6.07) is -0.768. The fraction of sp³-hybridized carbons (Fsp3) is 0.800. The zero-order chi connectivity index (χ0) is 11.4. The zero-order valence-electron chi connectivity index (χ0n) is 9.52. The van der Waals surface area contributed by atoms with E-state index >= 15 is 0 Å². The predicted octanol–water partition coefficient (Wildman–Crippen LogP) is -0.131. The topological polar surface area (TPSA) is 89.4 Å². The standard InChI is InChI=1S/C10H19N3O2.ClH/c1-7-2-4-13(5-3-7)10(15)8(11)6-9(12)14;/h7-8H,2-6,11H2,1H3,(H2,12,14);1H. The lowest BCUT2D eigenvalue weighted by molar-refractivity contribution is -0.135. The molecule has 5 nitrogen and oxygen atoms in total. The van der Waals surface area contributed by atoms with Crippen LogP contribution in [0.25, 0.3) is 0 Å². The highest BCUT2D eigenvalue weighted by atomic mass is 35.5. The predicted molar refractivity (Wildman–Crippen MR) is 64.0 cm³/mol. The van der Waals surface area contributed by atoms with E-state index in [2.05, 4.69) is 6.92 Å². The Morgan fingerprint density at radius 2 is 1.88 bits per heavy atom. The lowest BCUT2D eigenvalue weighted by Gasteiger charge is -2.31. The quantitative estimate of drug-likeness (QED) is 0.730. The van der Waals surface area contributed by atoms with Crippen molar-refractivity contribution >= 4 is 24.2 Å². The SMILES string of the molecule is CC1CCN(C(=O)C(N)CC(N)=O)CC1.Cl. The summed E-state index contributed by atoms with van der Waals surface area (Å²) in [4.78, 5) is 24.1. The summed E-state index contributed by atoms with van der Waals surface area (Å²) >= 11 is 0. The van der Waals surface area contributed by atoms with Crippen molar-refractivity contribution in [2.75, 3.05) is 13.1 Å². The average Bonchev–Trinajstić information content (AvgIpc) is 2.17. The van der Waals surface area contributed by atoms with Gasteiger partial charge >= 0.3 is 0 Å². The second-order valence-electron chi connectivity index (χ2n) is 4.28. The van der Waals surface area contributed by atoms with Gasteiger partial charge in [-0.15, -0.1) is 12.4 Å². The molecule has 6 heteroatoms. The number of amides is 2. The van der Waals surface area contributed by atoms with Crippen molar-refractivity contribution < 1.29 is 9.59 Å².